The van der Waals surface area contributed by atoms with Gasteiger partial charge in [-0.05, 0) is 60.5 Å². The maximum atomic E-state index is 13.4. The summed E-state index contributed by atoms with van der Waals surface area (Å²) in [5.74, 6) is -0.678. The summed E-state index contributed by atoms with van der Waals surface area (Å²) in [4.78, 5) is 27.5. The van der Waals surface area contributed by atoms with Gasteiger partial charge in [0.15, 0.2) is 6.61 Å². The van der Waals surface area contributed by atoms with Crippen molar-refractivity contribution in [2.24, 2.45) is 5.10 Å². The van der Waals surface area contributed by atoms with Gasteiger partial charge in [-0.3, -0.25) is 4.79 Å². The van der Waals surface area contributed by atoms with Gasteiger partial charge in [0.1, 0.15) is 21.3 Å². The monoisotopic (exact) mass is 568 g/mol. The van der Waals surface area contributed by atoms with Crippen LogP contribution in [-0.4, -0.2) is 46.1 Å². The zero-order valence-corrected chi connectivity index (χ0v) is 23.1. The normalized spacial score (nSPS) is 14.8. The number of thiophene rings is 1. The van der Waals surface area contributed by atoms with Gasteiger partial charge in [0, 0.05) is 11.8 Å². The second-order valence-electron chi connectivity index (χ2n) is 9.52. The van der Waals surface area contributed by atoms with Gasteiger partial charge in [0.05, 0.1) is 30.2 Å². The third-order valence-corrected chi connectivity index (χ3v) is 8.01. The van der Waals surface area contributed by atoms with Crippen LogP contribution in [0.1, 0.15) is 39.0 Å². The SMILES string of the molecule is COc1ccc(C2CC(c3ccccc3)=NN2C(=O)COC(=O)c2cc3c(C)nn(-c4ccc(F)cc4)c3s2)cc1. The quantitative estimate of drug-likeness (QED) is 0.222. The maximum Gasteiger partial charge on any atom is 0.348 e. The number of nitrogens with zero attached hydrogens (tertiary/aromatic N) is 4. The number of amides is 1. The zero-order valence-electron chi connectivity index (χ0n) is 22.3. The van der Waals surface area contributed by atoms with E-state index < -0.39 is 18.5 Å². The topological polar surface area (TPSA) is 86.0 Å². The van der Waals surface area contributed by atoms with Gasteiger partial charge in [-0.1, -0.05) is 42.5 Å². The molecule has 0 N–H and O–H groups in total. The number of benzene rings is 3. The Morgan fingerprint density at radius 2 is 1.76 bits per heavy atom. The van der Waals surface area contributed by atoms with Crippen molar-refractivity contribution in [2.45, 2.75) is 19.4 Å². The number of hydrazone groups is 1. The number of ether oxygens (including phenoxy) is 2. The fourth-order valence-corrected chi connectivity index (χ4v) is 5.88. The van der Waals surface area contributed by atoms with E-state index in [9.17, 15) is 14.0 Å². The lowest BCUT2D eigenvalue weighted by Crippen LogP contribution is -2.31. The molecule has 206 valence electrons. The molecule has 0 fully saturated rings. The molecular formula is C31H25FN4O4S. The smallest absolute Gasteiger partial charge is 0.348 e. The fourth-order valence-electron chi connectivity index (χ4n) is 4.80. The molecule has 6 rings (SSSR count). The third kappa shape index (κ3) is 5.21. The molecule has 3 heterocycles. The van der Waals surface area contributed by atoms with E-state index in [4.69, 9.17) is 9.47 Å². The molecule has 41 heavy (non-hydrogen) atoms. The molecule has 1 aliphatic heterocycles. The Kier molecular flexibility index (Phi) is 7.07. The molecule has 0 spiro atoms. The lowest BCUT2D eigenvalue weighted by molar-refractivity contribution is -0.136. The molecule has 0 bridgehead atoms. The molecule has 0 radical (unpaired) electrons. The van der Waals surface area contributed by atoms with Gasteiger partial charge in [-0.15, -0.1) is 11.3 Å². The third-order valence-electron chi connectivity index (χ3n) is 6.92. The zero-order chi connectivity index (χ0) is 28.5. The van der Waals surface area contributed by atoms with E-state index in [2.05, 4.69) is 10.2 Å². The summed E-state index contributed by atoms with van der Waals surface area (Å²) >= 11 is 1.20. The number of methoxy groups -OCH3 is 1. The average molecular weight is 569 g/mol. The molecule has 3 aromatic carbocycles. The Balaban J connectivity index is 1.21. The van der Waals surface area contributed by atoms with Gasteiger partial charge in [-0.25, -0.2) is 18.9 Å². The van der Waals surface area contributed by atoms with Crippen LogP contribution in [0.5, 0.6) is 5.75 Å². The summed E-state index contributed by atoms with van der Waals surface area (Å²) in [5.41, 5.74) is 3.99. The van der Waals surface area contributed by atoms with Crippen molar-refractivity contribution in [2.75, 3.05) is 13.7 Å². The minimum absolute atomic E-state index is 0.339. The minimum Gasteiger partial charge on any atom is -0.497 e. The molecule has 10 heteroatoms. The largest absolute Gasteiger partial charge is 0.497 e. The fraction of sp³-hybridized carbons (Fsp3) is 0.161. The van der Waals surface area contributed by atoms with Crippen LogP contribution in [0.3, 0.4) is 0 Å². The van der Waals surface area contributed by atoms with Crippen molar-refractivity contribution in [3.63, 3.8) is 0 Å². The van der Waals surface area contributed by atoms with Crippen LogP contribution in [0.15, 0.2) is 90.0 Å². The molecule has 1 unspecified atom stereocenters. The highest BCUT2D eigenvalue weighted by Crippen LogP contribution is 2.34. The number of aryl methyl sites for hydroxylation is 1. The van der Waals surface area contributed by atoms with Gasteiger partial charge < -0.3 is 9.47 Å². The van der Waals surface area contributed by atoms with E-state index in [0.29, 0.717) is 22.7 Å². The average Bonchev–Trinajstić information content (AvgIpc) is 3.72. The van der Waals surface area contributed by atoms with Crippen molar-refractivity contribution in [1.29, 1.82) is 0 Å². The molecule has 0 saturated carbocycles. The molecule has 1 amide bonds. The van der Waals surface area contributed by atoms with Gasteiger partial charge in [0.2, 0.25) is 0 Å². The molecule has 1 aliphatic rings. The number of carbonyl (C=O) groups is 2. The number of aromatic nitrogens is 2. The Bertz CT molecular complexity index is 1760. The van der Waals surface area contributed by atoms with Crippen LogP contribution in [0, 0.1) is 12.7 Å². The summed E-state index contributed by atoms with van der Waals surface area (Å²) in [6.45, 7) is 1.37. The van der Waals surface area contributed by atoms with Crippen LogP contribution < -0.4 is 4.74 Å². The highest BCUT2D eigenvalue weighted by atomic mass is 32.1. The maximum absolute atomic E-state index is 13.4. The predicted octanol–water partition coefficient (Wildman–Crippen LogP) is 6.08. The lowest BCUT2D eigenvalue weighted by Gasteiger charge is -2.22. The van der Waals surface area contributed by atoms with Crippen LogP contribution in [-0.2, 0) is 9.53 Å². The van der Waals surface area contributed by atoms with E-state index in [-0.39, 0.29) is 11.9 Å². The minimum atomic E-state index is -0.614. The van der Waals surface area contributed by atoms with Crippen molar-refractivity contribution in [1.82, 2.24) is 14.8 Å². The van der Waals surface area contributed by atoms with Crippen molar-refractivity contribution in [3.8, 4) is 11.4 Å². The van der Waals surface area contributed by atoms with Crippen molar-refractivity contribution >= 4 is 39.1 Å². The Morgan fingerprint density at radius 1 is 1.02 bits per heavy atom. The summed E-state index contributed by atoms with van der Waals surface area (Å²) in [6, 6.07) is 24.5. The summed E-state index contributed by atoms with van der Waals surface area (Å²) in [6.07, 6.45) is 0.519. The Morgan fingerprint density at radius 3 is 2.46 bits per heavy atom. The van der Waals surface area contributed by atoms with Crippen molar-refractivity contribution in [3.05, 3.63) is 112 Å². The first-order valence-electron chi connectivity index (χ1n) is 12.9. The van der Waals surface area contributed by atoms with Gasteiger partial charge in [-0.2, -0.15) is 10.2 Å². The highest BCUT2D eigenvalue weighted by Gasteiger charge is 2.34. The van der Waals surface area contributed by atoms with Crippen LogP contribution >= 0.6 is 11.3 Å². The van der Waals surface area contributed by atoms with E-state index >= 15 is 0 Å². The summed E-state index contributed by atoms with van der Waals surface area (Å²) in [7, 11) is 1.60. The molecule has 8 nitrogen and oxygen atoms in total. The summed E-state index contributed by atoms with van der Waals surface area (Å²) < 4.78 is 25.8. The molecule has 5 aromatic rings. The molecular weight excluding hydrogens is 543 g/mol. The Labute approximate surface area is 239 Å². The second-order valence-corrected chi connectivity index (χ2v) is 10.6. The number of hydrogen-bond acceptors (Lipinski definition) is 7. The first kappa shape index (κ1) is 26.4. The number of esters is 1. The summed E-state index contributed by atoms with van der Waals surface area (Å²) in [5, 5.41) is 11.4. The van der Waals surface area contributed by atoms with Crippen LogP contribution in [0.2, 0.25) is 0 Å². The van der Waals surface area contributed by atoms with E-state index in [1.165, 1.54) is 28.5 Å². The van der Waals surface area contributed by atoms with E-state index in [1.807, 2.05) is 61.5 Å². The van der Waals surface area contributed by atoms with Crippen molar-refractivity contribution < 1.29 is 23.5 Å². The van der Waals surface area contributed by atoms with E-state index in [1.54, 1.807) is 30.0 Å². The predicted molar refractivity (Wildman–Crippen MR) is 154 cm³/mol. The molecule has 2 aromatic heterocycles. The first-order chi connectivity index (χ1) is 19.9. The van der Waals surface area contributed by atoms with Crippen LogP contribution in [0.25, 0.3) is 15.9 Å². The number of hydrogen-bond donors (Lipinski definition) is 0. The second kappa shape index (κ2) is 11.0. The van der Waals surface area contributed by atoms with Gasteiger partial charge in [0.25, 0.3) is 5.91 Å². The number of halogens is 1. The molecule has 0 saturated heterocycles. The van der Waals surface area contributed by atoms with Gasteiger partial charge >= 0.3 is 5.97 Å². The van der Waals surface area contributed by atoms with E-state index in [0.717, 1.165) is 32.7 Å². The number of carbonyl (C=O) groups excluding carboxylic acids is 2. The highest BCUT2D eigenvalue weighted by molar-refractivity contribution is 7.20. The lowest BCUT2D eigenvalue weighted by atomic mass is 9.98. The molecule has 1 atom stereocenters. The standard InChI is InChI=1S/C31H25FN4O4S/c1-19-25-16-28(41-30(25)35(33-19)23-12-10-22(32)11-13-23)31(38)40-18-29(37)36-27(21-8-14-24(39-2)15-9-21)17-26(34-36)20-6-4-3-5-7-20/h3-16,27H,17-18H2,1-2H3. The molecule has 0 aliphatic carbocycles. The van der Waals surface area contributed by atoms with Crippen LogP contribution in [0.4, 0.5) is 4.39 Å². The Hall–Kier alpha value is -4.83. The number of rotatable bonds is 7. The number of fused-ring (bicyclic) bond motifs is 1. The first-order valence-corrected chi connectivity index (χ1v) is 13.7.